The van der Waals surface area contributed by atoms with Crippen LogP contribution in [-0.4, -0.2) is 16.5 Å². The molecule has 2 N–H and O–H groups in total. The molecule has 10 heavy (non-hydrogen) atoms. The lowest BCUT2D eigenvalue weighted by atomic mass is 10.2. The molecule has 1 aromatic heterocycles. The fraction of sp³-hybridized carbons (Fsp3) is 0.143. The maximum atomic E-state index is 5.35. The third kappa shape index (κ3) is 1.39. The Morgan fingerprint density at radius 3 is 2.60 bits per heavy atom. The van der Waals surface area contributed by atoms with Crippen LogP contribution in [0.5, 0.6) is 0 Å². The van der Waals surface area contributed by atoms with E-state index in [1.807, 2.05) is 0 Å². The van der Waals surface area contributed by atoms with Crippen LogP contribution in [0.4, 0.5) is 0 Å². The molecule has 0 fully saturated rings. The predicted molar refractivity (Wildman–Crippen MR) is 40.1 cm³/mol. The van der Waals surface area contributed by atoms with Crippen molar-refractivity contribution in [1.29, 1.82) is 0 Å². The first-order valence-electron chi connectivity index (χ1n) is 2.98. The number of hydrogen-bond donors (Lipinski definition) is 1. The minimum Gasteiger partial charge on any atom is -0.326 e. The Bertz CT molecular complexity index is 218. The molecular formula is C7H9N3. The van der Waals surface area contributed by atoms with Gasteiger partial charge in [-0.3, -0.25) is 0 Å². The number of nitrogens with zero attached hydrogens (tertiary/aromatic N) is 2. The molecule has 3 heteroatoms. The molecule has 1 rings (SSSR count). The van der Waals surface area contributed by atoms with Gasteiger partial charge in [-0.15, -0.1) is 0 Å². The highest BCUT2D eigenvalue weighted by Crippen LogP contribution is 2.05. The van der Waals surface area contributed by atoms with Gasteiger partial charge in [0.1, 0.15) is 6.33 Å². The average molecular weight is 135 g/mol. The lowest BCUT2D eigenvalue weighted by molar-refractivity contribution is 1.14. The predicted octanol–water partition coefficient (Wildman–Crippen LogP) is 0.449. The van der Waals surface area contributed by atoms with Crippen LogP contribution in [0.1, 0.15) is 5.56 Å². The van der Waals surface area contributed by atoms with Gasteiger partial charge < -0.3 is 5.73 Å². The minimum absolute atomic E-state index is 0.452. The van der Waals surface area contributed by atoms with Gasteiger partial charge in [0, 0.05) is 24.5 Å². The third-order valence-electron chi connectivity index (χ3n) is 1.22. The van der Waals surface area contributed by atoms with Crippen molar-refractivity contribution in [3.63, 3.8) is 0 Å². The second-order valence-corrected chi connectivity index (χ2v) is 1.93. The van der Waals surface area contributed by atoms with Crippen LogP contribution in [-0.2, 0) is 0 Å². The molecule has 0 spiro atoms. The molecule has 0 atom stereocenters. The summed E-state index contributed by atoms with van der Waals surface area (Å²) >= 11 is 0. The first-order chi connectivity index (χ1) is 4.84. The molecule has 52 valence electrons. The van der Waals surface area contributed by atoms with E-state index in [4.69, 9.17) is 5.73 Å². The van der Waals surface area contributed by atoms with Crippen LogP contribution in [0.15, 0.2) is 25.3 Å². The first-order valence-corrected chi connectivity index (χ1v) is 2.98. The summed E-state index contributed by atoms with van der Waals surface area (Å²) in [4.78, 5) is 7.65. The van der Waals surface area contributed by atoms with E-state index < -0.39 is 0 Å². The van der Waals surface area contributed by atoms with Crippen LogP contribution >= 0.6 is 0 Å². The zero-order valence-corrected chi connectivity index (χ0v) is 5.62. The zero-order valence-electron chi connectivity index (χ0n) is 5.62. The summed E-state index contributed by atoms with van der Waals surface area (Å²) < 4.78 is 0. The molecular weight excluding hydrogens is 126 g/mol. The Kier molecular flexibility index (Phi) is 2.12. The summed E-state index contributed by atoms with van der Waals surface area (Å²) in [5.74, 6) is 0. The van der Waals surface area contributed by atoms with Crippen LogP contribution in [0.2, 0.25) is 0 Å². The maximum Gasteiger partial charge on any atom is 0.115 e. The lowest BCUT2D eigenvalue weighted by Crippen LogP contribution is -2.01. The minimum atomic E-state index is 0.452. The Labute approximate surface area is 59.6 Å². The van der Waals surface area contributed by atoms with Crippen molar-refractivity contribution in [2.75, 3.05) is 6.54 Å². The van der Waals surface area contributed by atoms with Crippen LogP contribution < -0.4 is 5.73 Å². The van der Waals surface area contributed by atoms with Crippen molar-refractivity contribution in [2.24, 2.45) is 5.73 Å². The Hall–Kier alpha value is -1.22. The van der Waals surface area contributed by atoms with Gasteiger partial charge in [0.15, 0.2) is 0 Å². The molecule has 0 saturated heterocycles. The molecule has 0 amide bonds. The van der Waals surface area contributed by atoms with E-state index in [2.05, 4.69) is 16.5 Å². The van der Waals surface area contributed by atoms with Crippen molar-refractivity contribution in [2.45, 2.75) is 0 Å². The van der Waals surface area contributed by atoms with Gasteiger partial charge in [0.25, 0.3) is 0 Å². The highest BCUT2D eigenvalue weighted by molar-refractivity contribution is 5.62. The number of rotatable bonds is 2. The second kappa shape index (κ2) is 3.08. The fourth-order valence-electron chi connectivity index (χ4n) is 0.600. The van der Waals surface area contributed by atoms with Crippen molar-refractivity contribution < 1.29 is 0 Å². The largest absolute Gasteiger partial charge is 0.326 e. The van der Waals surface area contributed by atoms with E-state index in [0.717, 1.165) is 11.1 Å². The van der Waals surface area contributed by atoms with Gasteiger partial charge in [-0.1, -0.05) is 6.58 Å². The SMILES string of the molecule is C=C(CN)c1cncnc1. The highest BCUT2D eigenvalue weighted by Gasteiger charge is 1.93. The van der Waals surface area contributed by atoms with Gasteiger partial charge in [-0.25, -0.2) is 9.97 Å². The van der Waals surface area contributed by atoms with E-state index >= 15 is 0 Å². The van der Waals surface area contributed by atoms with Crippen LogP contribution in [0.3, 0.4) is 0 Å². The number of aromatic nitrogens is 2. The van der Waals surface area contributed by atoms with Crippen molar-refractivity contribution in [3.05, 3.63) is 30.9 Å². The molecule has 0 bridgehead atoms. The van der Waals surface area contributed by atoms with Crippen molar-refractivity contribution >= 4 is 5.57 Å². The summed E-state index contributed by atoms with van der Waals surface area (Å²) in [6.45, 7) is 4.19. The Balaban J connectivity index is 2.85. The van der Waals surface area contributed by atoms with Gasteiger partial charge in [-0.05, 0) is 5.57 Å². The molecule has 0 aliphatic carbocycles. The van der Waals surface area contributed by atoms with Gasteiger partial charge in [0.2, 0.25) is 0 Å². The molecule has 1 aromatic rings. The standard InChI is InChI=1S/C7H9N3/c1-6(2-8)7-3-9-5-10-4-7/h3-5H,1-2,8H2. The highest BCUT2D eigenvalue weighted by atomic mass is 14.8. The fourth-order valence-corrected chi connectivity index (χ4v) is 0.600. The van der Waals surface area contributed by atoms with E-state index in [1.54, 1.807) is 12.4 Å². The van der Waals surface area contributed by atoms with Gasteiger partial charge in [-0.2, -0.15) is 0 Å². The van der Waals surface area contributed by atoms with Gasteiger partial charge in [0.05, 0.1) is 0 Å². The van der Waals surface area contributed by atoms with Crippen molar-refractivity contribution in [1.82, 2.24) is 9.97 Å². The Morgan fingerprint density at radius 1 is 1.50 bits per heavy atom. The van der Waals surface area contributed by atoms with E-state index in [-0.39, 0.29) is 0 Å². The number of nitrogens with two attached hydrogens (primary N) is 1. The average Bonchev–Trinajstić information content (AvgIpc) is 2.05. The van der Waals surface area contributed by atoms with E-state index in [9.17, 15) is 0 Å². The molecule has 0 aromatic carbocycles. The van der Waals surface area contributed by atoms with Gasteiger partial charge >= 0.3 is 0 Å². The first kappa shape index (κ1) is 6.89. The normalized spacial score (nSPS) is 9.30. The van der Waals surface area contributed by atoms with Crippen molar-refractivity contribution in [3.8, 4) is 0 Å². The molecule has 0 unspecified atom stereocenters. The van der Waals surface area contributed by atoms with E-state index in [0.29, 0.717) is 6.54 Å². The molecule has 1 heterocycles. The monoisotopic (exact) mass is 135 g/mol. The topological polar surface area (TPSA) is 51.8 Å². The molecule has 3 nitrogen and oxygen atoms in total. The molecule has 0 aliphatic heterocycles. The maximum absolute atomic E-state index is 5.35. The number of hydrogen-bond acceptors (Lipinski definition) is 3. The smallest absolute Gasteiger partial charge is 0.115 e. The molecule has 0 radical (unpaired) electrons. The quantitative estimate of drug-likeness (QED) is 0.640. The molecule has 0 saturated carbocycles. The van der Waals surface area contributed by atoms with Crippen LogP contribution in [0, 0.1) is 0 Å². The summed E-state index contributed by atoms with van der Waals surface area (Å²) in [5.41, 5.74) is 7.12. The Morgan fingerprint density at radius 2 is 2.10 bits per heavy atom. The van der Waals surface area contributed by atoms with Crippen LogP contribution in [0.25, 0.3) is 5.57 Å². The summed E-state index contributed by atoms with van der Waals surface area (Å²) in [6.07, 6.45) is 4.87. The summed E-state index contributed by atoms with van der Waals surface area (Å²) in [6, 6.07) is 0. The summed E-state index contributed by atoms with van der Waals surface area (Å²) in [7, 11) is 0. The second-order valence-electron chi connectivity index (χ2n) is 1.93. The van der Waals surface area contributed by atoms with E-state index in [1.165, 1.54) is 6.33 Å². The third-order valence-corrected chi connectivity index (χ3v) is 1.22. The summed E-state index contributed by atoms with van der Waals surface area (Å²) in [5, 5.41) is 0. The lowest BCUT2D eigenvalue weighted by Gasteiger charge is -1.98. The molecule has 0 aliphatic rings. The zero-order chi connectivity index (χ0) is 7.40.